The van der Waals surface area contributed by atoms with Gasteiger partial charge in [0.05, 0.1) is 6.04 Å². The molecule has 0 aliphatic rings. The fraction of sp³-hybridized carbons (Fsp3) is 0.138. The van der Waals surface area contributed by atoms with Crippen molar-refractivity contribution < 1.29 is 4.79 Å². The third-order valence-corrected chi connectivity index (χ3v) is 5.61. The number of hydrogen-bond donors (Lipinski definition) is 1. The molecule has 2 nitrogen and oxygen atoms in total. The van der Waals surface area contributed by atoms with E-state index in [0.29, 0.717) is 0 Å². The molecule has 0 heterocycles. The summed E-state index contributed by atoms with van der Waals surface area (Å²) < 4.78 is 0. The predicted molar refractivity (Wildman–Crippen MR) is 127 cm³/mol. The Morgan fingerprint density at radius 2 is 1.26 bits per heavy atom. The fourth-order valence-electron chi connectivity index (χ4n) is 3.86. The van der Waals surface area contributed by atoms with E-state index in [1.165, 1.54) is 11.1 Å². The average Bonchev–Trinajstić information content (AvgIpc) is 2.83. The van der Waals surface area contributed by atoms with Gasteiger partial charge in [-0.1, -0.05) is 109 Å². The van der Waals surface area contributed by atoms with Crippen molar-refractivity contribution >= 4 is 5.91 Å². The van der Waals surface area contributed by atoms with Gasteiger partial charge in [0.1, 0.15) is 0 Å². The molecule has 31 heavy (non-hydrogen) atoms. The lowest BCUT2D eigenvalue weighted by Gasteiger charge is -2.21. The summed E-state index contributed by atoms with van der Waals surface area (Å²) in [7, 11) is 0. The highest BCUT2D eigenvalue weighted by molar-refractivity contribution is 5.96. The summed E-state index contributed by atoms with van der Waals surface area (Å²) >= 11 is 0. The lowest BCUT2D eigenvalue weighted by molar-refractivity contribution is 0.0942. The van der Waals surface area contributed by atoms with Gasteiger partial charge >= 0.3 is 0 Å². The Kier molecular flexibility index (Phi) is 6.59. The van der Waals surface area contributed by atoms with Crippen LogP contribution < -0.4 is 5.32 Å². The van der Waals surface area contributed by atoms with Crippen LogP contribution in [0.3, 0.4) is 0 Å². The number of hydrogen-bond acceptors (Lipinski definition) is 1. The van der Waals surface area contributed by atoms with Crippen LogP contribution in [-0.4, -0.2) is 5.91 Å². The first-order chi connectivity index (χ1) is 15.2. The van der Waals surface area contributed by atoms with Crippen LogP contribution >= 0.6 is 0 Å². The van der Waals surface area contributed by atoms with Gasteiger partial charge in [0.25, 0.3) is 5.91 Å². The molecular formula is C29H27NO. The van der Waals surface area contributed by atoms with Crippen molar-refractivity contribution in [3.05, 3.63) is 143 Å². The quantitative estimate of drug-likeness (QED) is 0.384. The lowest BCUT2D eigenvalue weighted by atomic mass is 9.96. The molecule has 0 spiro atoms. The molecular weight excluding hydrogens is 378 g/mol. The second-order valence-electron chi connectivity index (χ2n) is 7.87. The summed E-state index contributed by atoms with van der Waals surface area (Å²) in [5.74, 6) is -0.0434. The molecule has 0 radical (unpaired) electrons. The normalized spacial score (nSPS) is 11.6. The van der Waals surface area contributed by atoms with Crippen molar-refractivity contribution in [1.29, 1.82) is 0 Å². The van der Waals surface area contributed by atoms with Crippen molar-refractivity contribution in [1.82, 2.24) is 5.32 Å². The maximum absolute atomic E-state index is 13.4. The molecule has 0 aromatic heterocycles. The molecule has 4 rings (SSSR count). The van der Waals surface area contributed by atoms with Gasteiger partial charge in [0, 0.05) is 5.56 Å². The van der Waals surface area contributed by atoms with Gasteiger partial charge in [-0.3, -0.25) is 4.79 Å². The monoisotopic (exact) mass is 405 g/mol. The van der Waals surface area contributed by atoms with Gasteiger partial charge in [0.15, 0.2) is 0 Å². The number of amides is 1. The zero-order valence-corrected chi connectivity index (χ0v) is 17.8. The number of rotatable bonds is 7. The van der Waals surface area contributed by atoms with Crippen molar-refractivity contribution in [2.45, 2.75) is 25.8 Å². The number of benzene rings is 4. The second-order valence-corrected chi connectivity index (χ2v) is 7.87. The van der Waals surface area contributed by atoms with Gasteiger partial charge in [-0.25, -0.2) is 0 Å². The summed E-state index contributed by atoms with van der Waals surface area (Å²) in [5, 5.41) is 3.28. The summed E-state index contributed by atoms with van der Waals surface area (Å²) in [4.78, 5) is 13.4. The van der Waals surface area contributed by atoms with E-state index in [4.69, 9.17) is 0 Å². The number of carbonyl (C=O) groups excluding carboxylic acids is 1. The summed E-state index contributed by atoms with van der Waals surface area (Å²) in [6.45, 7) is 2.07. The zero-order valence-electron chi connectivity index (χ0n) is 17.8. The van der Waals surface area contributed by atoms with Gasteiger partial charge in [-0.15, -0.1) is 0 Å². The largest absolute Gasteiger partial charge is 0.341 e. The molecule has 0 bridgehead atoms. The first-order valence-electron chi connectivity index (χ1n) is 10.7. The maximum atomic E-state index is 13.4. The standard InChI is InChI=1S/C29H27NO/c1-22-16-19-26(20-17-22)28(25-13-6-3-7-14-25)30-29(31)27-15-9-8-12-24(27)21-18-23-10-4-2-5-11-23/h2-17,19-20,28H,18,21H2,1H3,(H,30,31)/t28-/m0/s1. The highest BCUT2D eigenvalue weighted by Crippen LogP contribution is 2.24. The Morgan fingerprint density at radius 3 is 1.97 bits per heavy atom. The SMILES string of the molecule is Cc1ccc([C@@H](NC(=O)c2ccccc2CCc2ccccc2)c2ccccc2)cc1. The van der Waals surface area contributed by atoms with Gasteiger partial charge < -0.3 is 5.32 Å². The molecule has 1 amide bonds. The smallest absolute Gasteiger partial charge is 0.252 e. The topological polar surface area (TPSA) is 29.1 Å². The van der Waals surface area contributed by atoms with Crippen LogP contribution in [0.4, 0.5) is 0 Å². The number of carbonyl (C=O) groups is 1. The van der Waals surface area contributed by atoms with Crippen molar-refractivity contribution in [2.24, 2.45) is 0 Å². The Morgan fingerprint density at radius 1 is 0.677 bits per heavy atom. The first-order valence-corrected chi connectivity index (χ1v) is 10.7. The van der Waals surface area contributed by atoms with Crippen LogP contribution in [0.15, 0.2) is 109 Å². The zero-order chi connectivity index (χ0) is 21.5. The molecule has 154 valence electrons. The van der Waals surface area contributed by atoms with Crippen LogP contribution in [0.1, 0.15) is 44.2 Å². The van der Waals surface area contributed by atoms with Crippen LogP contribution in [0.2, 0.25) is 0 Å². The Labute approximate surface area is 184 Å². The molecule has 0 saturated heterocycles. The highest BCUT2D eigenvalue weighted by atomic mass is 16.1. The first kappa shape index (κ1) is 20.6. The van der Waals surface area contributed by atoms with E-state index in [2.05, 4.69) is 79.0 Å². The van der Waals surface area contributed by atoms with E-state index in [0.717, 1.165) is 35.1 Å². The second kappa shape index (κ2) is 9.90. The molecule has 4 aromatic rings. The summed E-state index contributed by atoms with van der Waals surface area (Å²) in [6.07, 6.45) is 1.74. The molecule has 0 fully saturated rings. The van der Waals surface area contributed by atoms with E-state index < -0.39 is 0 Å². The molecule has 4 aromatic carbocycles. The Balaban J connectivity index is 1.58. The highest BCUT2D eigenvalue weighted by Gasteiger charge is 2.19. The molecule has 1 N–H and O–H groups in total. The lowest BCUT2D eigenvalue weighted by Crippen LogP contribution is -2.30. The number of aryl methyl sites for hydroxylation is 3. The Hall–Kier alpha value is -3.65. The average molecular weight is 406 g/mol. The molecule has 1 atom stereocenters. The number of nitrogens with one attached hydrogen (secondary N) is 1. The molecule has 0 saturated carbocycles. The van der Waals surface area contributed by atoms with Crippen LogP contribution in [0.25, 0.3) is 0 Å². The molecule has 0 aliphatic carbocycles. The third-order valence-electron chi connectivity index (χ3n) is 5.61. The predicted octanol–water partition coefficient (Wildman–Crippen LogP) is 6.30. The van der Waals surface area contributed by atoms with Crippen LogP contribution in [-0.2, 0) is 12.8 Å². The van der Waals surface area contributed by atoms with Gasteiger partial charge in [-0.05, 0) is 48.1 Å². The minimum Gasteiger partial charge on any atom is -0.341 e. The maximum Gasteiger partial charge on any atom is 0.252 e. The fourth-order valence-corrected chi connectivity index (χ4v) is 3.86. The molecule has 0 aliphatic heterocycles. The van der Waals surface area contributed by atoms with E-state index in [1.54, 1.807) is 0 Å². The van der Waals surface area contributed by atoms with E-state index >= 15 is 0 Å². The summed E-state index contributed by atoms with van der Waals surface area (Å²) in [5.41, 5.74) is 6.44. The third kappa shape index (κ3) is 5.29. The summed E-state index contributed by atoms with van der Waals surface area (Å²) in [6, 6.07) is 36.6. The molecule has 0 unspecified atom stereocenters. The van der Waals surface area contributed by atoms with Crippen LogP contribution in [0, 0.1) is 6.92 Å². The van der Waals surface area contributed by atoms with Gasteiger partial charge in [0.2, 0.25) is 0 Å². The molecule has 2 heteroatoms. The minimum atomic E-state index is -0.198. The minimum absolute atomic E-state index is 0.0434. The van der Waals surface area contributed by atoms with E-state index in [1.807, 2.05) is 42.5 Å². The van der Waals surface area contributed by atoms with Gasteiger partial charge in [-0.2, -0.15) is 0 Å². The van der Waals surface area contributed by atoms with E-state index in [9.17, 15) is 4.79 Å². The van der Waals surface area contributed by atoms with E-state index in [-0.39, 0.29) is 11.9 Å². The van der Waals surface area contributed by atoms with Crippen molar-refractivity contribution in [3.8, 4) is 0 Å². The van der Waals surface area contributed by atoms with Crippen molar-refractivity contribution in [2.75, 3.05) is 0 Å². The van der Waals surface area contributed by atoms with Crippen LogP contribution in [0.5, 0.6) is 0 Å². The Bertz CT molecular complexity index is 1120. The van der Waals surface area contributed by atoms with Crippen molar-refractivity contribution in [3.63, 3.8) is 0 Å².